The van der Waals surface area contributed by atoms with Gasteiger partial charge in [0, 0.05) is 0 Å². The van der Waals surface area contributed by atoms with Crippen LogP contribution < -0.4 is 0 Å². The molecule has 0 aromatic heterocycles. The third kappa shape index (κ3) is 3.92. The lowest BCUT2D eigenvalue weighted by Gasteiger charge is -1.95. The molecule has 2 heteroatoms. The zero-order chi connectivity index (χ0) is 4.99. The molecule has 0 bridgehead atoms. The van der Waals surface area contributed by atoms with Crippen LogP contribution in [0, 0.1) is 5.92 Å². The summed E-state index contributed by atoms with van der Waals surface area (Å²) in [7, 11) is 0. The summed E-state index contributed by atoms with van der Waals surface area (Å²) in [6.45, 7) is 4.37. The van der Waals surface area contributed by atoms with E-state index < -0.39 is 0 Å². The van der Waals surface area contributed by atoms with Crippen molar-refractivity contribution in [3.63, 3.8) is 0 Å². The number of hydrogen-bond acceptors (Lipinski definition) is 2. The molecule has 0 amide bonds. The first-order chi connectivity index (χ1) is 2.77. The van der Waals surface area contributed by atoms with E-state index in [2.05, 4.69) is 4.89 Å². The first-order valence-electron chi connectivity index (χ1n) is 2.03. The quantitative estimate of drug-likeness (QED) is 0.407. The molecule has 0 aliphatic carbocycles. The summed E-state index contributed by atoms with van der Waals surface area (Å²) in [6, 6.07) is 0. The summed E-state index contributed by atoms with van der Waals surface area (Å²) in [5, 5.41) is 7.74. The lowest BCUT2D eigenvalue weighted by atomic mass is 10.2. The van der Waals surface area contributed by atoms with Crippen LogP contribution in [0.5, 0.6) is 0 Å². The van der Waals surface area contributed by atoms with Crippen LogP contribution in [-0.2, 0) is 4.89 Å². The molecular weight excluding hydrogens is 80.0 g/mol. The SMILES string of the molecule is CC(C)COO. The van der Waals surface area contributed by atoms with Crippen molar-refractivity contribution in [2.75, 3.05) is 6.61 Å². The Hall–Kier alpha value is -0.0800. The van der Waals surface area contributed by atoms with E-state index in [-0.39, 0.29) is 0 Å². The topological polar surface area (TPSA) is 29.5 Å². The fraction of sp³-hybridized carbons (Fsp3) is 1.00. The molecule has 1 N–H and O–H groups in total. The number of hydrogen-bond donors (Lipinski definition) is 1. The van der Waals surface area contributed by atoms with Gasteiger partial charge in [-0.1, -0.05) is 13.8 Å². The van der Waals surface area contributed by atoms with Crippen molar-refractivity contribution in [2.24, 2.45) is 5.92 Å². The van der Waals surface area contributed by atoms with Gasteiger partial charge in [-0.3, -0.25) is 5.26 Å². The highest BCUT2D eigenvalue weighted by atomic mass is 17.1. The standard InChI is InChI=1S/C4H10O2/c1-4(2)3-6-5/h4-5H,3H2,1-2H3. The van der Waals surface area contributed by atoms with E-state index in [4.69, 9.17) is 5.26 Å². The zero-order valence-electron chi connectivity index (χ0n) is 4.14. The predicted molar refractivity (Wildman–Crippen MR) is 23.4 cm³/mol. The van der Waals surface area contributed by atoms with Gasteiger partial charge >= 0.3 is 0 Å². The van der Waals surface area contributed by atoms with Crippen molar-refractivity contribution in [3.8, 4) is 0 Å². The lowest BCUT2D eigenvalue weighted by Crippen LogP contribution is -1.96. The summed E-state index contributed by atoms with van der Waals surface area (Å²) in [5.74, 6) is 0.426. The normalized spacial score (nSPS) is 10.0. The molecule has 0 aromatic carbocycles. The van der Waals surface area contributed by atoms with Crippen LogP contribution in [-0.4, -0.2) is 11.9 Å². The molecule has 6 heavy (non-hydrogen) atoms. The van der Waals surface area contributed by atoms with Gasteiger partial charge in [0.15, 0.2) is 0 Å². The largest absolute Gasteiger partial charge is 0.252 e. The van der Waals surface area contributed by atoms with E-state index >= 15 is 0 Å². The van der Waals surface area contributed by atoms with E-state index in [1.54, 1.807) is 0 Å². The van der Waals surface area contributed by atoms with E-state index in [9.17, 15) is 0 Å². The second-order valence-electron chi connectivity index (χ2n) is 1.69. The Morgan fingerprint density at radius 1 is 1.67 bits per heavy atom. The van der Waals surface area contributed by atoms with Crippen LogP contribution in [0.3, 0.4) is 0 Å². The third-order valence-corrected chi connectivity index (χ3v) is 0.408. The predicted octanol–water partition coefficient (Wildman–Crippen LogP) is 1.13. The van der Waals surface area contributed by atoms with Gasteiger partial charge in [-0.25, -0.2) is 4.89 Å². The Balaban J connectivity index is 2.63. The maximum atomic E-state index is 7.74. The minimum absolute atomic E-state index is 0.426. The molecule has 0 aliphatic rings. The molecule has 0 saturated carbocycles. The molecule has 0 spiro atoms. The Morgan fingerprint density at radius 3 is 2.17 bits per heavy atom. The summed E-state index contributed by atoms with van der Waals surface area (Å²) in [4.78, 5) is 3.80. The molecule has 0 atom stereocenters. The molecule has 0 radical (unpaired) electrons. The molecule has 2 nitrogen and oxygen atoms in total. The Morgan fingerprint density at radius 2 is 2.17 bits per heavy atom. The summed E-state index contributed by atoms with van der Waals surface area (Å²) in [5.41, 5.74) is 0. The van der Waals surface area contributed by atoms with Gasteiger partial charge in [0.05, 0.1) is 6.61 Å². The van der Waals surface area contributed by atoms with Crippen molar-refractivity contribution in [2.45, 2.75) is 13.8 Å². The third-order valence-electron chi connectivity index (χ3n) is 0.408. The fourth-order valence-electron chi connectivity index (χ4n) is 0.149. The second kappa shape index (κ2) is 3.12. The maximum absolute atomic E-state index is 7.74. The van der Waals surface area contributed by atoms with Crippen molar-refractivity contribution < 1.29 is 10.1 Å². The summed E-state index contributed by atoms with van der Waals surface area (Å²) < 4.78 is 0. The van der Waals surface area contributed by atoms with Crippen molar-refractivity contribution in [1.29, 1.82) is 0 Å². The average Bonchev–Trinajstić information content (AvgIpc) is 1.35. The van der Waals surface area contributed by atoms with Crippen LogP contribution >= 0.6 is 0 Å². The first kappa shape index (κ1) is 5.92. The van der Waals surface area contributed by atoms with Gasteiger partial charge in [0.2, 0.25) is 0 Å². The molecule has 0 unspecified atom stereocenters. The van der Waals surface area contributed by atoms with Crippen LogP contribution in [0.15, 0.2) is 0 Å². The lowest BCUT2D eigenvalue weighted by molar-refractivity contribution is -0.248. The Bertz CT molecular complexity index is 26.7. The Kier molecular flexibility index (Phi) is 3.08. The fourth-order valence-corrected chi connectivity index (χ4v) is 0.149. The van der Waals surface area contributed by atoms with Crippen molar-refractivity contribution >= 4 is 0 Å². The monoisotopic (exact) mass is 90.1 g/mol. The maximum Gasteiger partial charge on any atom is 0.0842 e. The van der Waals surface area contributed by atoms with Gasteiger partial charge in [-0.2, -0.15) is 0 Å². The summed E-state index contributed by atoms with van der Waals surface area (Å²) in [6.07, 6.45) is 0. The van der Waals surface area contributed by atoms with Gasteiger partial charge in [0.25, 0.3) is 0 Å². The van der Waals surface area contributed by atoms with Crippen LogP contribution in [0.4, 0.5) is 0 Å². The van der Waals surface area contributed by atoms with Crippen molar-refractivity contribution in [1.82, 2.24) is 0 Å². The summed E-state index contributed by atoms with van der Waals surface area (Å²) >= 11 is 0. The molecule has 38 valence electrons. The van der Waals surface area contributed by atoms with Gasteiger partial charge in [-0.05, 0) is 5.92 Å². The molecular formula is C4H10O2. The second-order valence-corrected chi connectivity index (χ2v) is 1.69. The van der Waals surface area contributed by atoms with E-state index in [1.807, 2.05) is 13.8 Å². The Labute approximate surface area is 37.7 Å². The smallest absolute Gasteiger partial charge is 0.0842 e. The molecule has 0 fully saturated rings. The van der Waals surface area contributed by atoms with Crippen molar-refractivity contribution in [3.05, 3.63) is 0 Å². The van der Waals surface area contributed by atoms with E-state index in [0.717, 1.165) is 0 Å². The molecule has 0 aliphatic heterocycles. The van der Waals surface area contributed by atoms with Crippen LogP contribution in [0.2, 0.25) is 0 Å². The molecule has 0 aromatic rings. The number of rotatable bonds is 2. The highest BCUT2D eigenvalue weighted by molar-refractivity contribution is 4.33. The van der Waals surface area contributed by atoms with Crippen LogP contribution in [0.25, 0.3) is 0 Å². The molecule has 0 rings (SSSR count). The minimum atomic E-state index is 0.426. The average molecular weight is 90.1 g/mol. The molecule has 0 saturated heterocycles. The first-order valence-corrected chi connectivity index (χ1v) is 2.03. The van der Waals surface area contributed by atoms with Gasteiger partial charge in [-0.15, -0.1) is 0 Å². The highest BCUT2D eigenvalue weighted by Gasteiger charge is 1.87. The van der Waals surface area contributed by atoms with Gasteiger partial charge in [0.1, 0.15) is 0 Å². The van der Waals surface area contributed by atoms with E-state index in [1.165, 1.54) is 0 Å². The highest BCUT2D eigenvalue weighted by Crippen LogP contribution is 1.87. The molecule has 0 heterocycles. The van der Waals surface area contributed by atoms with Crippen LogP contribution in [0.1, 0.15) is 13.8 Å². The zero-order valence-corrected chi connectivity index (χ0v) is 4.14. The minimum Gasteiger partial charge on any atom is -0.252 e. The van der Waals surface area contributed by atoms with Gasteiger partial charge < -0.3 is 0 Å². The van der Waals surface area contributed by atoms with E-state index in [0.29, 0.717) is 12.5 Å².